The zero-order valence-electron chi connectivity index (χ0n) is 21.5. The third-order valence-electron chi connectivity index (χ3n) is 7.70. The lowest BCUT2D eigenvalue weighted by atomic mass is 9.89. The molecule has 8 heteroatoms. The summed E-state index contributed by atoms with van der Waals surface area (Å²) in [6, 6.07) is 15.9. The van der Waals surface area contributed by atoms with E-state index in [4.69, 9.17) is 9.47 Å². The molecule has 4 heterocycles. The van der Waals surface area contributed by atoms with Crippen LogP contribution in [0.2, 0.25) is 0 Å². The highest BCUT2D eigenvalue weighted by molar-refractivity contribution is 6.04. The molecule has 0 saturated carbocycles. The van der Waals surface area contributed by atoms with Gasteiger partial charge < -0.3 is 18.9 Å². The molecule has 3 amide bonds. The predicted molar refractivity (Wildman–Crippen MR) is 142 cm³/mol. The van der Waals surface area contributed by atoms with Crippen LogP contribution in [0.1, 0.15) is 47.6 Å². The maximum Gasteiger partial charge on any atom is 0.326 e. The molecular weight excluding hydrogens is 482 g/mol. The van der Waals surface area contributed by atoms with Crippen molar-refractivity contribution < 1.29 is 23.9 Å². The van der Waals surface area contributed by atoms with Crippen LogP contribution in [0.15, 0.2) is 54.6 Å². The summed E-state index contributed by atoms with van der Waals surface area (Å²) in [7, 11) is 1.56. The van der Waals surface area contributed by atoms with Crippen LogP contribution in [0, 0.1) is 0 Å². The van der Waals surface area contributed by atoms with E-state index in [1.165, 1.54) is 4.90 Å². The first-order valence-electron chi connectivity index (χ1n) is 13.2. The van der Waals surface area contributed by atoms with Gasteiger partial charge in [-0.15, -0.1) is 0 Å². The van der Waals surface area contributed by atoms with E-state index in [0.29, 0.717) is 26.2 Å². The number of imide groups is 1. The number of ether oxygens (including phenoxy) is 2. The maximum absolute atomic E-state index is 13.0. The fraction of sp³-hybridized carbons (Fsp3) is 0.367. The lowest BCUT2D eigenvalue weighted by Crippen LogP contribution is -2.56. The molecular formula is C30H31N3O5. The number of benzene rings is 2. The average Bonchev–Trinajstić information content (AvgIpc) is 3.26. The number of hydrogen-bond acceptors (Lipinski definition) is 5. The second-order valence-electron chi connectivity index (χ2n) is 10.2. The number of para-hydroxylation sites is 1. The number of likely N-dealkylation sites (N-methyl/N-ethyl adjacent to an activating group) is 1. The van der Waals surface area contributed by atoms with Gasteiger partial charge in [-0.1, -0.05) is 42.5 Å². The number of ketones is 1. The van der Waals surface area contributed by atoms with Gasteiger partial charge in [0.25, 0.3) is 0 Å². The topological polar surface area (TPSA) is 81.1 Å². The molecule has 2 saturated heterocycles. The molecule has 2 aromatic carbocycles. The first-order valence-corrected chi connectivity index (χ1v) is 13.2. The van der Waals surface area contributed by atoms with Gasteiger partial charge in [0.1, 0.15) is 6.61 Å². The van der Waals surface area contributed by atoms with E-state index in [1.807, 2.05) is 30.3 Å². The Morgan fingerprint density at radius 2 is 2.00 bits per heavy atom. The van der Waals surface area contributed by atoms with Gasteiger partial charge in [0.05, 0.1) is 12.5 Å². The van der Waals surface area contributed by atoms with Crippen LogP contribution in [0.3, 0.4) is 0 Å². The largest absolute Gasteiger partial charge is 0.353 e. The van der Waals surface area contributed by atoms with Crippen molar-refractivity contribution >= 4 is 34.7 Å². The minimum Gasteiger partial charge on any atom is -0.353 e. The molecule has 0 aliphatic carbocycles. The number of carbonyl (C=O) groups excluding carboxylic acids is 3. The molecule has 2 bridgehead atoms. The van der Waals surface area contributed by atoms with Crippen LogP contribution in [-0.4, -0.2) is 65.2 Å². The van der Waals surface area contributed by atoms with E-state index >= 15 is 0 Å². The molecule has 0 radical (unpaired) electrons. The number of urea groups is 1. The van der Waals surface area contributed by atoms with Crippen molar-refractivity contribution in [3.05, 3.63) is 77.0 Å². The predicted octanol–water partition coefficient (Wildman–Crippen LogP) is 4.31. The van der Waals surface area contributed by atoms with Crippen LogP contribution in [0.5, 0.6) is 0 Å². The molecule has 0 spiro atoms. The second kappa shape index (κ2) is 10.2. The third-order valence-corrected chi connectivity index (χ3v) is 7.70. The normalized spacial score (nSPS) is 21.4. The quantitative estimate of drug-likeness (QED) is 0.440. The molecule has 0 N–H and O–H groups in total. The van der Waals surface area contributed by atoms with Gasteiger partial charge in [0.2, 0.25) is 5.91 Å². The Morgan fingerprint density at radius 3 is 2.84 bits per heavy atom. The number of rotatable bonds is 7. The highest BCUT2D eigenvalue weighted by atomic mass is 16.7. The molecule has 2 unspecified atom stereocenters. The first-order chi connectivity index (χ1) is 18.5. The lowest BCUT2D eigenvalue weighted by Gasteiger charge is -2.41. The molecule has 196 valence electrons. The summed E-state index contributed by atoms with van der Waals surface area (Å²) in [4.78, 5) is 41.1. The van der Waals surface area contributed by atoms with Gasteiger partial charge in [0, 0.05) is 43.3 Å². The van der Waals surface area contributed by atoms with Crippen LogP contribution in [-0.2, 0) is 32.2 Å². The molecule has 38 heavy (non-hydrogen) atoms. The van der Waals surface area contributed by atoms with Gasteiger partial charge in [0.15, 0.2) is 12.1 Å². The van der Waals surface area contributed by atoms with Crippen molar-refractivity contribution in [3.8, 4) is 0 Å². The molecule has 6 rings (SSSR count). The second-order valence-corrected chi connectivity index (χ2v) is 10.2. The maximum atomic E-state index is 13.0. The third kappa shape index (κ3) is 4.54. The molecule has 2 fully saturated rings. The zero-order valence-corrected chi connectivity index (χ0v) is 21.5. The van der Waals surface area contributed by atoms with Crippen molar-refractivity contribution in [1.82, 2.24) is 14.4 Å². The van der Waals surface area contributed by atoms with Gasteiger partial charge in [-0.25, -0.2) is 4.79 Å². The van der Waals surface area contributed by atoms with Gasteiger partial charge in [-0.2, -0.15) is 0 Å². The Bertz CT molecular complexity index is 1430. The Hall–Kier alpha value is -3.75. The monoisotopic (exact) mass is 513 g/mol. The fourth-order valence-electron chi connectivity index (χ4n) is 5.80. The van der Waals surface area contributed by atoms with Gasteiger partial charge >= 0.3 is 6.03 Å². The van der Waals surface area contributed by atoms with Crippen molar-refractivity contribution in [3.63, 3.8) is 0 Å². The summed E-state index contributed by atoms with van der Waals surface area (Å²) in [6.07, 6.45) is 6.00. The van der Waals surface area contributed by atoms with E-state index in [1.54, 1.807) is 18.0 Å². The molecule has 1 aromatic heterocycles. The highest BCUT2D eigenvalue weighted by Gasteiger charge is 2.44. The van der Waals surface area contributed by atoms with E-state index in [0.717, 1.165) is 52.5 Å². The molecule has 3 aromatic rings. The summed E-state index contributed by atoms with van der Waals surface area (Å²) < 4.78 is 13.3. The van der Waals surface area contributed by atoms with Gasteiger partial charge in [-0.05, 0) is 54.2 Å². The van der Waals surface area contributed by atoms with Crippen molar-refractivity contribution in [1.29, 1.82) is 0 Å². The number of carbonyl (C=O) groups is 3. The van der Waals surface area contributed by atoms with E-state index in [-0.39, 0.29) is 36.5 Å². The summed E-state index contributed by atoms with van der Waals surface area (Å²) in [5.74, 6) is -0.602. The van der Waals surface area contributed by atoms with Crippen LogP contribution in [0.4, 0.5) is 4.79 Å². The van der Waals surface area contributed by atoms with E-state index in [9.17, 15) is 14.4 Å². The highest BCUT2D eigenvalue weighted by Crippen LogP contribution is 2.40. The van der Waals surface area contributed by atoms with Crippen LogP contribution >= 0.6 is 0 Å². The van der Waals surface area contributed by atoms with Crippen LogP contribution in [0.25, 0.3) is 17.0 Å². The fourth-order valence-corrected chi connectivity index (χ4v) is 5.80. The number of aromatic nitrogens is 1. The van der Waals surface area contributed by atoms with E-state index in [2.05, 4.69) is 28.8 Å². The minimum atomic E-state index is -0.353. The van der Waals surface area contributed by atoms with Gasteiger partial charge in [-0.3, -0.25) is 14.5 Å². The summed E-state index contributed by atoms with van der Waals surface area (Å²) in [5, 5.41) is 1.06. The molecule has 8 nitrogen and oxygen atoms in total. The van der Waals surface area contributed by atoms with E-state index < -0.39 is 0 Å². The smallest absolute Gasteiger partial charge is 0.326 e. The first kappa shape index (κ1) is 24.6. The average molecular weight is 514 g/mol. The Balaban J connectivity index is 1.24. The zero-order chi connectivity index (χ0) is 26.2. The number of nitrogens with zero attached hydrogens (tertiary/aromatic N) is 3. The number of hydrogen-bond donors (Lipinski definition) is 0. The summed E-state index contributed by atoms with van der Waals surface area (Å²) >= 11 is 0. The van der Waals surface area contributed by atoms with Crippen molar-refractivity contribution in [2.24, 2.45) is 0 Å². The standard InChI is InChI=1S/C30H31N3O5/c1-31-29(35)24-17-32(30(31)36)18-26-28(24)23-9-2-3-10-25(23)33(26)16-21-8-6-7-20(15-21)12-13-22(34)19-38-27-11-4-5-14-37-27/h2-3,6-10,12-13,15,24,27H,4-5,11,14,16-19H2,1H3/b13-12+. The summed E-state index contributed by atoms with van der Waals surface area (Å²) in [6.45, 7) is 2.17. The summed E-state index contributed by atoms with van der Waals surface area (Å²) in [5.41, 5.74) is 5.07. The minimum absolute atomic E-state index is 0.00659. The molecule has 3 aliphatic heterocycles. The molecule has 3 aliphatic rings. The van der Waals surface area contributed by atoms with Crippen LogP contribution < -0.4 is 0 Å². The van der Waals surface area contributed by atoms with Crippen molar-refractivity contribution in [2.75, 3.05) is 26.8 Å². The number of fused-ring (bicyclic) bond motifs is 6. The van der Waals surface area contributed by atoms with Crippen molar-refractivity contribution in [2.45, 2.75) is 44.6 Å². The SMILES string of the molecule is CN1C(=O)C2CN(Cc3c2c2ccccc2n3Cc2cccc(/C=C/C(=O)COC3CCCCO3)c2)C1=O. The number of amides is 3. The Morgan fingerprint density at radius 1 is 1.13 bits per heavy atom. The Kier molecular flexibility index (Phi) is 6.59. The Labute approximate surface area is 221 Å². The molecule has 2 atom stereocenters. The lowest BCUT2D eigenvalue weighted by molar-refractivity contribution is -0.167.